The molecule has 0 unspecified atom stereocenters. The second-order valence-corrected chi connectivity index (χ2v) is 6.45. The normalized spacial score (nSPS) is 11.8. The van der Waals surface area contributed by atoms with Crippen LogP contribution >= 0.6 is 11.8 Å². The van der Waals surface area contributed by atoms with E-state index in [1.54, 1.807) is 19.4 Å². The Hall–Kier alpha value is -3.14. The van der Waals surface area contributed by atoms with Gasteiger partial charge in [0.1, 0.15) is 22.4 Å². The number of aliphatic imine (C=N–C) groups is 2. The van der Waals surface area contributed by atoms with E-state index in [9.17, 15) is 13.6 Å². The lowest BCUT2D eigenvalue weighted by molar-refractivity contribution is 0.183. The van der Waals surface area contributed by atoms with Gasteiger partial charge in [0.25, 0.3) is 0 Å². The third kappa shape index (κ3) is 5.26. The highest BCUT2D eigenvalue weighted by atomic mass is 32.2. The number of carbonyl (C=O) groups excluding carboxylic acids is 1. The minimum absolute atomic E-state index is 0.00274. The molecule has 0 aliphatic carbocycles. The molecule has 2 aromatic carbocycles. The minimum Gasteiger partial charge on any atom is -0.493 e. The summed E-state index contributed by atoms with van der Waals surface area (Å²) in [5, 5.41) is 2.78. The Bertz CT molecular complexity index is 996. The number of thioether (sulfide) groups is 1. The van der Waals surface area contributed by atoms with Gasteiger partial charge in [-0.1, -0.05) is 0 Å². The Morgan fingerprint density at radius 3 is 2.23 bits per heavy atom. The van der Waals surface area contributed by atoms with E-state index < -0.39 is 17.7 Å². The van der Waals surface area contributed by atoms with Gasteiger partial charge in [-0.3, -0.25) is 0 Å². The Labute approximate surface area is 177 Å². The molecule has 2 rings (SSSR count). The SMILES string of the molecule is CNc1ccc(N=C(C(=NC(=O)OC)SC)c2cc(OC)c(OC)cc2F)cc1F. The third-order valence-corrected chi connectivity index (χ3v) is 4.63. The second kappa shape index (κ2) is 10.6. The fourth-order valence-corrected chi connectivity index (χ4v) is 3.00. The van der Waals surface area contributed by atoms with Crippen molar-refractivity contribution in [3.05, 3.63) is 47.5 Å². The Morgan fingerprint density at radius 2 is 1.70 bits per heavy atom. The van der Waals surface area contributed by atoms with Crippen LogP contribution in [0.15, 0.2) is 40.3 Å². The maximum Gasteiger partial charge on any atom is 0.434 e. The number of rotatable bonds is 6. The number of methoxy groups -OCH3 is 3. The van der Waals surface area contributed by atoms with Crippen molar-refractivity contribution in [1.82, 2.24) is 0 Å². The molecule has 0 atom stereocenters. The summed E-state index contributed by atoms with van der Waals surface area (Å²) in [4.78, 5) is 19.9. The predicted molar refractivity (Wildman–Crippen MR) is 115 cm³/mol. The molecule has 0 aliphatic rings. The van der Waals surface area contributed by atoms with E-state index in [1.165, 1.54) is 39.5 Å². The number of carbonyl (C=O) groups is 1. The van der Waals surface area contributed by atoms with Crippen LogP contribution in [0.5, 0.6) is 11.5 Å². The van der Waals surface area contributed by atoms with Crippen molar-refractivity contribution in [2.75, 3.05) is 39.9 Å². The quantitative estimate of drug-likeness (QED) is 0.522. The number of hydrogen-bond donors (Lipinski definition) is 1. The lowest BCUT2D eigenvalue weighted by atomic mass is 10.1. The van der Waals surface area contributed by atoms with Crippen LogP contribution in [0.25, 0.3) is 0 Å². The first kappa shape index (κ1) is 23.1. The van der Waals surface area contributed by atoms with Crippen LogP contribution in [0.3, 0.4) is 0 Å². The number of halogens is 2. The zero-order valence-corrected chi connectivity index (χ0v) is 17.9. The van der Waals surface area contributed by atoms with Crippen molar-refractivity contribution in [2.24, 2.45) is 9.98 Å². The van der Waals surface area contributed by atoms with Gasteiger partial charge in [0.15, 0.2) is 11.5 Å². The van der Waals surface area contributed by atoms with Crippen molar-refractivity contribution in [3.63, 3.8) is 0 Å². The van der Waals surface area contributed by atoms with Crippen LogP contribution in [0.4, 0.5) is 25.0 Å². The molecule has 160 valence electrons. The number of benzene rings is 2. The molecule has 0 radical (unpaired) electrons. The molecule has 1 N–H and O–H groups in total. The largest absolute Gasteiger partial charge is 0.493 e. The second-order valence-electron chi connectivity index (χ2n) is 5.65. The number of hydrogen-bond acceptors (Lipinski definition) is 7. The van der Waals surface area contributed by atoms with Crippen LogP contribution in [0, 0.1) is 11.6 Å². The van der Waals surface area contributed by atoms with Gasteiger partial charge in [0, 0.05) is 24.7 Å². The number of amides is 1. The molecule has 0 spiro atoms. The summed E-state index contributed by atoms with van der Waals surface area (Å²) in [5.41, 5.74) is 0.467. The van der Waals surface area contributed by atoms with Gasteiger partial charge in [-0.2, -0.15) is 4.99 Å². The number of nitrogens with zero attached hydrogens (tertiary/aromatic N) is 2. The van der Waals surface area contributed by atoms with Gasteiger partial charge < -0.3 is 19.5 Å². The summed E-state index contributed by atoms with van der Waals surface area (Å²) >= 11 is 1.05. The molecule has 0 bridgehead atoms. The standard InChI is InChI=1S/C20H21F2N3O4S/c1-23-15-7-6-11(8-14(15)22)24-18(19(30-5)25-20(26)29-4)12-9-16(27-2)17(28-3)10-13(12)21/h6-10,23H,1-5H3. The highest BCUT2D eigenvalue weighted by molar-refractivity contribution is 8.15. The van der Waals surface area contributed by atoms with Gasteiger partial charge >= 0.3 is 6.09 Å². The van der Waals surface area contributed by atoms with E-state index in [4.69, 9.17) is 9.47 Å². The topological polar surface area (TPSA) is 81.5 Å². The molecule has 0 fully saturated rings. The summed E-state index contributed by atoms with van der Waals surface area (Å²) in [6, 6.07) is 6.72. The Kier molecular flexibility index (Phi) is 8.16. The maximum atomic E-state index is 14.9. The molecule has 0 saturated carbocycles. The molecule has 0 heterocycles. The lowest BCUT2D eigenvalue weighted by Crippen LogP contribution is -2.16. The van der Waals surface area contributed by atoms with Crippen LogP contribution in [0.1, 0.15) is 5.56 Å². The van der Waals surface area contributed by atoms with Gasteiger partial charge in [0.05, 0.1) is 32.7 Å². The first-order valence-corrected chi connectivity index (χ1v) is 9.79. The first-order chi connectivity index (χ1) is 14.4. The Balaban J connectivity index is 2.76. The smallest absolute Gasteiger partial charge is 0.434 e. The Morgan fingerprint density at radius 1 is 1.03 bits per heavy atom. The van der Waals surface area contributed by atoms with Crippen LogP contribution in [0.2, 0.25) is 0 Å². The molecular weight excluding hydrogens is 416 g/mol. The summed E-state index contributed by atoms with van der Waals surface area (Å²) in [7, 11) is 5.54. The molecule has 0 aromatic heterocycles. The van der Waals surface area contributed by atoms with E-state index in [0.717, 1.165) is 17.8 Å². The molecule has 7 nitrogen and oxygen atoms in total. The summed E-state index contributed by atoms with van der Waals surface area (Å²) in [6.07, 6.45) is 0.755. The zero-order chi connectivity index (χ0) is 22.3. The maximum absolute atomic E-state index is 14.9. The highest BCUT2D eigenvalue weighted by Crippen LogP contribution is 2.32. The number of anilines is 1. The lowest BCUT2D eigenvalue weighted by Gasteiger charge is -2.14. The first-order valence-electron chi connectivity index (χ1n) is 8.57. The van der Waals surface area contributed by atoms with Crippen molar-refractivity contribution < 1.29 is 27.8 Å². The van der Waals surface area contributed by atoms with Crippen molar-refractivity contribution in [2.45, 2.75) is 0 Å². The predicted octanol–water partition coefficient (Wildman–Crippen LogP) is 4.67. The van der Waals surface area contributed by atoms with Crippen molar-refractivity contribution in [1.29, 1.82) is 0 Å². The zero-order valence-electron chi connectivity index (χ0n) is 17.1. The van der Waals surface area contributed by atoms with Gasteiger partial charge in [-0.25, -0.2) is 18.6 Å². The molecular formula is C20H21F2N3O4S. The third-order valence-electron chi connectivity index (χ3n) is 3.95. The van der Waals surface area contributed by atoms with Gasteiger partial charge in [-0.15, -0.1) is 11.8 Å². The molecule has 0 saturated heterocycles. The average molecular weight is 437 g/mol. The number of ether oxygens (including phenoxy) is 3. The van der Waals surface area contributed by atoms with E-state index in [0.29, 0.717) is 0 Å². The molecule has 0 aliphatic heterocycles. The van der Waals surface area contributed by atoms with Gasteiger partial charge in [-0.05, 0) is 24.5 Å². The van der Waals surface area contributed by atoms with E-state index >= 15 is 0 Å². The van der Waals surface area contributed by atoms with E-state index in [1.807, 2.05) is 0 Å². The monoisotopic (exact) mass is 437 g/mol. The van der Waals surface area contributed by atoms with Crippen LogP contribution in [-0.4, -0.2) is 51.5 Å². The van der Waals surface area contributed by atoms with Crippen LogP contribution in [-0.2, 0) is 4.74 Å². The van der Waals surface area contributed by atoms with E-state index in [-0.39, 0.29) is 39.2 Å². The summed E-state index contributed by atoms with van der Waals surface area (Å²) in [6.45, 7) is 0. The molecule has 30 heavy (non-hydrogen) atoms. The number of nitrogens with one attached hydrogen (secondary N) is 1. The summed E-state index contributed by atoms with van der Waals surface area (Å²) in [5.74, 6) is -0.804. The summed E-state index contributed by atoms with van der Waals surface area (Å²) < 4.78 is 44.1. The molecule has 10 heteroatoms. The van der Waals surface area contributed by atoms with Crippen LogP contribution < -0.4 is 14.8 Å². The van der Waals surface area contributed by atoms with Gasteiger partial charge in [0.2, 0.25) is 0 Å². The van der Waals surface area contributed by atoms with Crippen molar-refractivity contribution in [3.8, 4) is 11.5 Å². The average Bonchev–Trinajstić information content (AvgIpc) is 2.75. The fraction of sp³-hybridized carbons (Fsp3) is 0.250. The molecule has 1 amide bonds. The highest BCUT2D eigenvalue weighted by Gasteiger charge is 2.21. The van der Waals surface area contributed by atoms with Crippen molar-refractivity contribution >= 4 is 40.0 Å². The fourth-order valence-electron chi connectivity index (χ4n) is 2.49. The minimum atomic E-state index is -0.885. The molecule has 2 aromatic rings. The van der Waals surface area contributed by atoms with E-state index in [2.05, 4.69) is 20.0 Å².